The fourth-order valence-corrected chi connectivity index (χ4v) is 2.44. The first-order valence-corrected chi connectivity index (χ1v) is 7.75. The van der Waals surface area contributed by atoms with Gasteiger partial charge in [-0.1, -0.05) is 32.5 Å². The lowest BCUT2D eigenvalue weighted by molar-refractivity contribution is -0.113. The molecule has 1 aromatic heterocycles. The predicted octanol–water partition coefficient (Wildman–Crippen LogP) is 2.30. The van der Waals surface area contributed by atoms with Crippen molar-refractivity contribution in [2.24, 2.45) is 0 Å². The number of halogens is 2. The Bertz CT molecular complexity index is 726. The quantitative estimate of drug-likeness (QED) is 0.658. The molecule has 0 unspecified atom stereocenters. The maximum absolute atomic E-state index is 13.1. The third-order valence-corrected chi connectivity index (χ3v) is 3.81. The van der Waals surface area contributed by atoms with Crippen molar-refractivity contribution in [2.45, 2.75) is 31.3 Å². The van der Waals surface area contributed by atoms with Gasteiger partial charge in [0.2, 0.25) is 11.1 Å². The Morgan fingerprint density at radius 1 is 1.30 bits per heavy atom. The second kappa shape index (κ2) is 6.53. The number of nitrogens with one attached hydrogen (secondary N) is 1. The summed E-state index contributed by atoms with van der Waals surface area (Å²) in [6, 6.07) is 3.15. The number of aromatic nitrogens is 3. The van der Waals surface area contributed by atoms with Gasteiger partial charge in [0, 0.05) is 17.2 Å². The van der Waals surface area contributed by atoms with Gasteiger partial charge in [0.05, 0.1) is 5.75 Å². The van der Waals surface area contributed by atoms with Crippen LogP contribution in [0.2, 0.25) is 0 Å². The molecule has 0 saturated carbocycles. The van der Waals surface area contributed by atoms with Gasteiger partial charge in [-0.3, -0.25) is 4.79 Å². The summed E-state index contributed by atoms with van der Waals surface area (Å²) in [4.78, 5) is 11.9. The number of nitrogen functional groups attached to an aromatic ring is 1. The fraction of sp³-hybridized carbons (Fsp3) is 0.357. The minimum atomic E-state index is -1.02. The highest BCUT2D eigenvalue weighted by atomic mass is 32.2. The van der Waals surface area contributed by atoms with Crippen LogP contribution in [0.15, 0.2) is 23.4 Å². The molecule has 6 nitrogen and oxygen atoms in total. The molecule has 9 heteroatoms. The first-order valence-electron chi connectivity index (χ1n) is 6.77. The van der Waals surface area contributed by atoms with Crippen molar-refractivity contribution in [3.8, 4) is 0 Å². The number of thioether (sulfide) groups is 1. The van der Waals surface area contributed by atoms with E-state index in [9.17, 15) is 13.6 Å². The molecule has 0 spiro atoms. The van der Waals surface area contributed by atoms with Gasteiger partial charge in [0.1, 0.15) is 0 Å². The van der Waals surface area contributed by atoms with Crippen molar-refractivity contribution >= 4 is 23.4 Å². The Hall–Kier alpha value is -2.16. The number of nitrogens with two attached hydrogens (primary N) is 1. The van der Waals surface area contributed by atoms with Gasteiger partial charge in [0.15, 0.2) is 17.5 Å². The Balaban J connectivity index is 1.97. The van der Waals surface area contributed by atoms with E-state index in [0.717, 1.165) is 23.9 Å². The number of amides is 1. The van der Waals surface area contributed by atoms with Crippen LogP contribution >= 0.6 is 11.8 Å². The summed E-state index contributed by atoms with van der Waals surface area (Å²) >= 11 is 1.10. The lowest BCUT2D eigenvalue weighted by Gasteiger charge is -2.16. The third kappa shape index (κ3) is 4.19. The molecule has 3 N–H and O–H groups in total. The molecule has 0 bridgehead atoms. The minimum Gasteiger partial charge on any atom is -0.336 e. The van der Waals surface area contributed by atoms with Gasteiger partial charge < -0.3 is 11.2 Å². The molecule has 1 amide bonds. The lowest BCUT2D eigenvalue weighted by atomic mass is 9.96. The smallest absolute Gasteiger partial charge is 0.234 e. The van der Waals surface area contributed by atoms with Crippen molar-refractivity contribution in [1.29, 1.82) is 0 Å². The zero-order chi connectivity index (χ0) is 17.2. The van der Waals surface area contributed by atoms with E-state index >= 15 is 0 Å². The van der Waals surface area contributed by atoms with Gasteiger partial charge in [-0.05, 0) is 12.1 Å². The molecular weight excluding hydrogens is 324 g/mol. The molecule has 2 rings (SSSR count). The van der Waals surface area contributed by atoms with Crippen LogP contribution in [-0.2, 0) is 10.2 Å². The Labute approximate surface area is 136 Å². The number of carbonyl (C=O) groups is 1. The Kier molecular flexibility index (Phi) is 4.88. The average molecular weight is 341 g/mol. The zero-order valence-corrected chi connectivity index (χ0v) is 13.7. The van der Waals surface area contributed by atoms with E-state index in [0.29, 0.717) is 11.0 Å². The van der Waals surface area contributed by atoms with E-state index in [1.165, 1.54) is 10.7 Å². The van der Waals surface area contributed by atoms with Crippen LogP contribution in [0.5, 0.6) is 0 Å². The summed E-state index contributed by atoms with van der Waals surface area (Å²) in [5.74, 6) is 4.15. The van der Waals surface area contributed by atoms with E-state index in [-0.39, 0.29) is 22.8 Å². The number of hydrogen-bond acceptors (Lipinski definition) is 5. The topological polar surface area (TPSA) is 85.8 Å². The molecule has 1 heterocycles. The molecule has 0 radical (unpaired) electrons. The van der Waals surface area contributed by atoms with E-state index in [4.69, 9.17) is 5.84 Å². The maximum Gasteiger partial charge on any atom is 0.234 e. The summed E-state index contributed by atoms with van der Waals surface area (Å²) in [5.41, 5.74) is -0.0897. The largest absolute Gasteiger partial charge is 0.336 e. The second-order valence-corrected chi connectivity index (χ2v) is 6.83. The molecule has 0 fully saturated rings. The van der Waals surface area contributed by atoms with Crippen LogP contribution in [0.1, 0.15) is 26.6 Å². The van der Waals surface area contributed by atoms with Crippen LogP contribution in [0.25, 0.3) is 0 Å². The molecule has 0 aliphatic rings. The number of carbonyl (C=O) groups excluding carboxylic acids is 1. The molecule has 0 atom stereocenters. The van der Waals surface area contributed by atoms with Gasteiger partial charge in [-0.25, -0.2) is 13.5 Å². The monoisotopic (exact) mass is 341 g/mol. The highest BCUT2D eigenvalue weighted by Gasteiger charge is 2.23. The molecule has 0 aliphatic carbocycles. The summed E-state index contributed by atoms with van der Waals surface area (Å²) in [7, 11) is 0. The molecule has 0 aliphatic heterocycles. The Morgan fingerprint density at radius 2 is 2.00 bits per heavy atom. The number of rotatable bonds is 4. The van der Waals surface area contributed by atoms with Crippen LogP contribution in [-0.4, -0.2) is 26.5 Å². The summed E-state index contributed by atoms with van der Waals surface area (Å²) < 4.78 is 27.2. The number of nitrogens with zero attached hydrogens (tertiary/aromatic N) is 3. The van der Waals surface area contributed by atoms with Crippen molar-refractivity contribution in [3.05, 3.63) is 35.7 Å². The van der Waals surface area contributed by atoms with Crippen molar-refractivity contribution in [3.63, 3.8) is 0 Å². The van der Waals surface area contributed by atoms with E-state index in [1.807, 2.05) is 20.8 Å². The van der Waals surface area contributed by atoms with Crippen LogP contribution < -0.4 is 11.2 Å². The number of hydrogen-bond donors (Lipinski definition) is 2. The van der Waals surface area contributed by atoms with E-state index < -0.39 is 11.6 Å². The zero-order valence-electron chi connectivity index (χ0n) is 12.9. The standard InChI is InChI=1S/C14H17F2N5OS/c1-14(2,3)12-19-20-13(21(12)17)23-7-11(22)18-8-4-5-9(15)10(16)6-8/h4-6H,7,17H2,1-3H3,(H,18,22). The summed E-state index contributed by atoms with van der Waals surface area (Å²) in [5, 5.41) is 10.8. The third-order valence-electron chi connectivity index (χ3n) is 2.87. The van der Waals surface area contributed by atoms with Crippen molar-refractivity contribution in [1.82, 2.24) is 14.9 Å². The van der Waals surface area contributed by atoms with Gasteiger partial charge in [-0.15, -0.1) is 10.2 Å². The summed E-state index contributed by atoms with van der Waals surface area (Å²) in [6.07, 6.45) is 0. The molecule has 23 heavy (non-hydrogen) atoms. The Morgan fingerprint density at radius 3 is 2.57 bits per heavy atom. The average Bonchev–Trinajstić information content (AvgIpc) is 2.82. The first-order chi connectivity index (χ1) is 10.7. The minimum absolute atomic E-state index is 0.0124. The molecule has 2 aromatic rings. The summed E-state index contributed by atoms with van der Waals surface area (Å²) in [6.45, 7) is 5.85. The molecule has 124 valence electrons. The van der Waals surface area contributed by atoms with Crippen LogP contribution in [0, 0.1) is 11.6 Å². The SMILES string of the molecule is CC(C)(C)c1nnc(SCC(=O)Nc2ccc(F)c(F)c2)n1N. The predicted molar refractivity (Wildman–Crippen MR) is 84.6 cm³/mol. The molecular formula is C14H17F2N5OS. The number of benzene rings is 1. The van der Waals surface area contributed by atoms with Crippen LogP contribution in [0.4, 0.5) is 14.5 Å². The molecule has 0 saturated heterocycles. The van der Waals surface area contributed by atoms with Crippen molar-refractivity contribution in [2.75, 3.05) is 16.9 Å². The van der Waals surface area contributed by atoms with Gasteiger partial charge >= 0.3 is 0 Å². The highest BCUT2D eigenvalue weighted by molar-refractivity contribution is 7.99. The normalized spacial score (nSPS) is 11.5. The first kappa shape index (κ1) is 17.2. The second-order valence-electron chi connectivity index (χ2n) is 5.89. The van der Waals surface area contributed by atoms with Gasteiger partial charge in [-0.2, -0.15) is 0 Å². The number of anilines is 1. The lowest BCUT2D eigenvalue weighted by Crippen LogP contribution is -2.24. The molecule has 1 aromatic carbocycles. The van der Waals surface area contributed by atoms with Crippen molar-refractivity contribution < 1.29 is 13.6 Å². The van der Waals surface area contributed by atoms with Crippen LogP contribution in [0.3, 0.4) is 0 Å². The highest BCUT2D eigenvalue weighted by Crippen LogP contribution is 2.23. The van der Waals surface area contributed by atoms with Gasteiger partial charge in [0.25, 0.3) is 0 Å². The van der Waals surface area contributed by atoms with E-state index in [2.05, 4.69) is 15.5 Å². The maximum atomic E-state index is 13.1. The van der Waals surface area contributed by atoms with E-state index in [1.54, 1.807) is 0 Å². The fourth-order valence-electron chi connectivity index (χ4n) is 1.79.